The Hall–Kier alpha value is -2.56. The second kappa shape index (κ2) is 10.7. The van der Waals surface area contributed by atoms with Crippen LogP contribution >= 0.6 is 0 Å². The fraction of sp³-hybridized carbons (Fsp3) is 0.538. The molecule has 1 aromatic carbocycles. The van der Waals surface area contributed by atoms with Crippen LogP contribution < -0.4 is 0 Å². The normalized spacial score (nSPS) is 17.6. The summed E-state index contributed by atoms with van der Waals surface area (Å²) >= 11 is 0. The number of carbonyl (C=O) groups is 2. The lowest BCUT2D eigenvalue weighted by atomic mass is 10.1. The molecule has 1 heterocycles. The smallest absolute Gasteiger partial charge is 0.242 e. The molecule has 168 valence electrons. The predicted octanol–water partition coefficient (Wildman–Crippen LogP) is 4.44. The van der Waals surface area contributed by atoms with Crippen LogP contribution in [-0.4, -0.2) is 45.8 Å². The number of rotatable bonds is 11. The first-order valence-corrected chi connectivity index (χ1v) is 11.6. The van der Waals surface area contributed by atoms with Crippen LogP contribution in [0.2, 0.25) is 0 Å². The summed E-state index contributed by atoms with van der Waals surface area (Å²) in [6.45, 7) is 8.46. The molecule has 1 aromatic heterocycles. The van der Waals surface area contributed by atoms with Gasteiger partial charge in [0, 0.05) is 37.9 Å². The molecule has 1 saturated carbocycles. The predicted molar refractivity (Wildman–Crippen MR) is 124 cm³/mol. The molecule has 3 rings (SSSR count). The molecule has 1 fully saturated rings. The molecule has 0 aliphatic heterocycles. The summed E-state index contributed by atoms with van der Waals surface area (Å²) in [6, 6.07) is 14.3. The van der Waals surface area contributed by atoms with Gasteiger partial charge in [0.2, 0.25) is 11.8 Å². The van der Waals surface area contributed by atoms with Gasteiger partial charge in [0.15, 0.2) is 0 Å². The van der Waals surface area contributed by atoms with E-state index in [2.05, 4.69) is 43.5 Å². The van der Waals surface area contributed by atoms with E-state index in [1.54, 1.807) is 0 Å². The van der Waals surface area contributed by atoms with Gasteiger partial charge in [0.1, 0.15) is 0 Å². The average molecular weight is 424 g/mol. The van der Waals surface area contributed by atoms with Gasteiger partial charge in [-0.25, -0.2) is 0 Å². The van der Waals surface area contributed by atoms with Gasteiger partial charge in [-0.15, -0.1) is 0 Å². The van der Waals surface area contributed by atoms with E-state index >= 15 is 0 Å². The highest BCUT2D eigenvalue weighted by Gasteiger charge is 2.45. The van der Waals surface area contributed by atoms with E-state index in [0.29, 0.717) is 31.5 Å². The monoisotopic (exact) mass is 423 g/mol. The van der Waals surface area contributed by atoms with Crippen molar-refractivity contribution in [2.75, 3.05) is 19.6 Å². The van der Waals surface area contributed by atoms with Gasteiger partial charge in [0.25, 0.3) is 0 Å². The Morgan fingerprint density at radius 1 is 1.10 bits per heavy atom. The minimum Gasteiger partial charge on any atom is -0.353 e. The Morgan fingerprint density at radius 2 is 1.84 bits per heavy atom. The van der Waals surface area contributed by atoms with Crippen molar-refractivity contribution in [1.29, 1.82) is 0 Å². The highest BCUT2D eigenvalue weighted by Crippen LogP contribution is 2.48. The molecule has 2 aromatic rings. The molecule has 0 spiro atoms. The fourth-order valence-corrected chi connectivity index (χ4v) is 4.20. The maximum Gasteiger partial charge on any atom is 0.242 e. The molecule has 0 bridgehead atoms. The Balaban J connectivity index is 1.68. The first-order valence-electron chi connectivity index (χ1n) is 11.6. The van der Waals surface area contributed by atoms with E-state index in [4.69, 9.17) is 0 Å². The molecule has 0 N–H and O–H groups in total. The third-order valence-corrected chi connectivity index (χ3v) is 6.10. The number of amides is 2. The highest BCUT2D eigenvalue weighted by atomic mass is 16.2. The number of aryl methyl sites for hydroxylation is 1. The summed E-state index contributed by atoms with van der Waals surface area (Å²) in [4.78, 5) is 30.3. The van der Waals surface area contributed by atoms with Crippen LogP contribution in [0.4, 0.5) is 0 Å². The summed E-state index contributed by atoms with van der Waals surface area (Å²) in [7, 11) is 2.00. The zero-order valence-electron chi connectivity index (χ0n) is 19.5. The largest absolute Gasteiger partial charge is 0.353 e. The van der Waals surface area contributed by atoms with Crippen molar-refractivity contribution in [3.8, 4) is 0 Å². The Bertz CT molecular complexity index is 859. The van der Waals surface area contributed by atoms with Crippen LogP contribution in [0.1, 0.15) is 57.2 Å². The second-order valence-electron chi connectivity index (χ2n) is 9.25. The highest BCUT2D eigenvalue weighted by molar-refractivity contribution is 5.88. The lowest BCUT2D eigenvalue weighted by Gasteiger charge is -2.29. The number of aromatic nitrogens is 1. The molecule has 5 nitrogen and oxygen atoms in total. The van der Waals surface area contributed by atoms with E-state index in [1.807, 2.05) is 47.3 Å². The first-order chi connectivity index (χ1) is 14.9. The number of carbonyl (C=O) groups excluding carboxylic acids is 2. The van der Waals surface area contributed by atoms with Crippen LogP contribution in [0, 0.1) is 11.8 Å². The molecular weight excluding hydrogens is 386 g/mol. The minimum absolute atomic E-state index is 0.0125. The molecule has 0 saturated heterocycles. The molecule has 1 aliphatic rings. The Morgan fingerprint density at radius 3 is 2.45 bits per heavy atom. The number of hydrogen-bond acceptors (Lipinski definition) is 2. The van der Waals surface area contributed by atoms with Crippen LogP contribution in [-0.2, 0) is 23.2 Å². The van der Waals surface area contributed by atoms with Crippen LogP contribution in [0.3, 0.4) is 0 Å². The van der Waals surface area contributed by atoms with Crippen molar-refractivity contribution < 1.29 is 9.59 Å². The summed E-state index contributed by atoms with van der Waals surface area (Å²) in [5.41, 5.74) is 2.33. The van der Waals surface area contributed by atoms with E-state index in [-0.39, 0.29) is 24.3 Å². The molecule has 5 heteroatoms. The van der Waals surface area contributed by atoms with Gasteiger partial charge in [-0.2, -0.15) is 0 Å². The average Bonchev–Trinajstić information content (AvgIpc) is 3.46. The molecule has 2 atom stereocenters. The summed E-state index contributed by atoms with van der Waals surface area (Å²) < 4.78 is 2.05. The summed E-state index contributed by atoms with van der Waals surface area (Å²) in [5, 5.41) is 0. The lowest BCUT2D eigenvalue weighted by molar-refractivity contribution is -0.142. The molecule has 31 heavy (non-hydrogen) atoms. The van der Waals surface area contributed by atoms with Crippen molar-refractivity contribution in [2.24, 2.45) is 18.9 Å². The number of nitrogens with zero attached hydrogens (tertiary/aromatic N) is 3. The molecule has 0 radical (unpaired) electrons. The lowest BCUT2D eigenvalue weighted by Crippen LogP contribution is -2.45. The SMILES string of the molecule is CCCCN(CC(=O)N(Cc1cccn1C)CC(C)C)C(=O)[C@H]1C[C@H]1c1ccccc1. The third kappa shape index (κ3) is 6.22. The molecule has 0 unspecified atom stereocenters. The Labute approximate surface area is 187 Å². The first kappa shape index (κ1) is 23.1. The number of benzene rings is 1. The van der Waals surface area contributed by atoms with E-state index in [0.717, 1.165) is 25.0 Å². The quantitative estimate of drug-likeness (QED) is 0.536. The van der Waals surface area contributed by atoms with E-state index < -0.39 is 0 Å². The van der Waals surface area contributed by atoms with Gasteiger partial charge >= 0.3 is 0 Å². The van der Waals surface area contributed by atoms with Gasteiger partial charge in [-0.05, 0) is 42.4 Å². The maximum atomic E-state index is 13.3. The van der Waals surface area contributed by atoms with Gasteiger partial charge in [-0.1, -0.05) is 57.5 Å². The minimum atomic E-state index is 0.0125. The van der Waals surface area contributed by atoms with Crippen LogP contribution in [0.25, 0.3) is 0 Å². The molecular formula is C26H37N3O2. The standard InChI is InChI=1S/C26H37N3O2/c1-5-6-15-28(26(31)24-16-23(24)21-11-8-7-9-12-21)19-25(30)29(17-20(2)3)18-22-13-10-14-27(22)4/h7-14,20,23-24H,5-6,15-19H2,1-4H3/t23-,24-/m0/s1. The molecule has 1 aliphatic carbocycles. The van der Waals surface area contributed by atoms with Crippen molar-refractivity contribution >= 4 is 11.8 Å². The zero-order valence-corrected chi connectivity index (χ0v) is 19.5. The zero-order chi connectivity index (χ0) is 22.4. The van der Waals surface area contributed by atoms with Crippen molar-refractivity contribution in [1.82, 2.24) is 14.4 Å². The van der Waals surface area contributed by atoms with E-state index in [9.17, 15) is 9.59 Å². The van der Waals surface area contributed by atoms with Crippen molar-refractivity contribution in [2.45, 2.75) is 52.5 Å². The van der Waals surface area contributed by atoms with Crippen molar-refractivity contribution in [3.05, 3.63) is 59.9 Å². The topological polar surface area (TPSA) is 45.6 Å². The number of hydrogen-bond donors (Lipinski definition) is 0. The Kier molecular flexibility index (Phi) is 7.94. The van der Waals surface area contributed by atoms with Gasteiger partial charge in [0.05, 0.1) is 13.1 Å². The van der Waals surface area contributed by atoms with Crippen LogP contribution in [0.5, 0.6) is 0 Å². The van der Waals surface area contributed by atoms with Crippen LogP contribution in [0.15, 0.2) is 48.7 Å². The summed E-state index contributed by atoms with van der Waals surface area (Å²) in [6.07, 6.45) is 4.81. The number of unbranched alkanes of at least 4 members (excludes halogenated alkanes) is 1. The second-order valence-corrected chi connectivity index (χ2v) is 9.25. The summed E-state index contributed by atoms with van der Waals surface area (Å²) in [5.74, 6) is 0.853. The third-order valence-electron chi connectivity index (χ3n) is 6.10. The molecule has 2 amide bonds. The van der Waals surface area contributed by atoms with E-state index in [1.165, 1.54) is 5.56 Å². The van der Waals surface area contributed by atoms with Crippen molar-refractivity contribution in [3.63, 3.8) is 0 Å². The maximum absolute atomic E-state index is 13.3. The fourth-order valence-electron chi connectivity index (χ4n) is 4.20. The van der Waals surface area contributed by atoms with Gasteiger partial charge in [-0.3, -0.25) is 9.59 Å². The van der Waals surface area contributed by atoms with Gasteiger partial charge < -0.3 is 14.4 Å².